The molecule has 0 radical (unpaired) electrons. The number of amides is 1. The Morgan fingerprint density at radius 2 is 1.94 bits per heavy atom. The highest BCUT2D eigenvalue weighted by atomic mass is 16.3. The van der Waals surface area contributed by atoms with Crippen LogP contribution >= 0.6 is 0 Å². The highest BCUT2D eigenvalue weighted by Gasteiger charge is 2.43. The molecule has 0 bridgehead atoms. The fourth-order valence-electron chi connectivity index (χ4n) is 4.78. The molecule has 1 amide bonds. The highest BCUT2D eigenvalue weighted by Crippen LogP contribution is 2.36. The van der Waals surface area contributed by atoms with Gasteiger partial charge in [0.05, 0.1) is 24.5 Å². The number of aryl methyl sites for hydroxylation is 1. The Bertz CT molecular complexity index is 1180. The number of anilines is 1. The summed E-state index contributed by atoms with van der Waals surface area (Å²) in [6, 6.07) is 7.51. The molecular formula is C23H26N6O4. The van der Waals surface area contributed by atoms with E-state index in [1.165, 1.54) is 11.9 Å². The largest absolute Gasteiger partial charge is 0.390 e. The summed E-state index contributed by atoms with van der Waals surface area (Å²) >= 11 is 0. The minimum atomic E-state index is -1.12. The van der Waals surface area contributed by atoms with Crippen molar-refractivity contribution in [2.45, 2.75) is 50.6 Å². The third-order valence-corrected chi connectivity index (χ3v) is 6.64. The number of likely N-dealkylation sites (tertiary alicyclic amines) is 1. The second-order valence-electron chi connectivity index (χ2n) is 8.94. The van der Waals surface area contributed by atoms with E-state index in [1.807, 2.05) is 36.1 Å². The topological polar surface area (TPSA) is 133 Å². The summed E-state index contributed by atoms with van der Waals surface area (Å²) in [7, 11) is 0. The number of aromatic nitrogens is 4. The second kappa shape index (κ2) is 8.53. The van der Waals surface area contributed by atoms with E-state index in [0.29, 0.717) is 49.2 Å². The van der Waals surface area contributed by atoms with Crippen molar-refractivity contribution in [3.8, 4) is 0 Å². The second-order valence-corrected chi connectivity index (χ2v) is 8.94. The van der Waals surface area contributed by atoms with E-state index >= 15 is 0 Å². The predicted octanol–water partition coefficient (Wildman–Crippen LogP) is 0.829. The highest BCUT2D eigenvalue weighted by molar-refractivity contribution is 5.84. The molecule has 1 saturated carbocycles. The van der Waals surface area contributed by atoms with Crippen molar-refractivity contribution in [3.05, 3.63) is 48.0 Å². The van der Waals surface area contributed by atoms with E-state index in [1.54, 1.807) is 10.9 Å². The number of hydrogen-bond acceptors (Lipinski definition) is 8. The van der Waals surface area contributed by atoms with Crippen molar-refractivity contribution >= 4 is 29.2 Å². The van der Waals surface area contributed by atoms with Crippen LogP contribution in [-0.4, -0.2) is 71.6 Å². The lowest BCUT2D eigenvalue weighted by atomic mass is 10.1. The van der Waals surface area contributed by atoms with Crippen LogP contribution in [0, 0.1) is 12.8 Å². The van der Waals surface area contributed by atoms with Gasteiger partial charge in [0.1, 0.15) is 24.2 Å². The third-order valence-electron chi connectivity index (χ3n) is 6.64. The smallest absolute Gasteiger partial charge is 0.225 e. The van der Waals surface area contributed by atoms with Gasteiger partial charge in [-0.2, -0.15) is 0 Å². The number of imidazole rings is 1. The van der Waals surface area contributed by atoms with E-state index < -0.39 is 24.2 Å². The van der Waals surface area contributed by atoms with Gasteiger partial charge in [-0.25, -0.2) is 15.0 Å². The molecule has 1 aliphatic carbocycles. The van der Waals surface area contributed by atoms with Gasteiger partial charge in [-0.3, -0.25) is 4.79 Å². The Labute approximate surface area is 190 Å². The summed E-state index contributed by atoms with van der Waals surface area (Å²) in [6.45, 7) is 3.14. The van der Waals surface area contributed by atoms with Gasteiger partial charge >= 0.3 is 0 Å². The molecule has 2 fully saturated rings. The molecule has 2 aromatic heterocycles. The Balaban J connectivity index is 1.32. The summed E-state index contributed by atoms with van der Waals surface area (Å²) < 4.78 is 1.68. The first-order valence-corrected chi connectivity index (χ1v) is 11.0. The van der Waals surface area contributed by atoms with Gasteiger partial charge in [0.15, 0.2) is 11.5 Å². The van der Waals surface area contributed by atoms with Gasteiger partial charge in [-0.05, 0) is 18.9 Å². The molecule has 1 aromatic carbocycles. The van der Waals surface area contributed by atoms with Gasteiger partial charge in [0, 0.05) is 25.4 Å². The summed E-state index contributed by atoms with van der Waals surface area (Å²) in [6.07, 6.45) is 2.07. The summed E-state index contributed by atoms with van der Waals surface area (Å²) in [5.74, 6) is -0.0496. The molecule has 3 heterocycles. The Morgan fingerprint density at radius 1 is 1.15 bits per heavy atom. The van der Waals surface area contributed by atoms with Crippen LogP contribution in [0.1, 0.15) is 30.0 Å². The van der Waals surface area contributed by atoms with E-state index in [-0.39, 0.29) is 11.9 Å². The molecular weight excluding hydrogens is 424 g/mol. The van der Waals surface area contributed by atoms with Crippen LogP contribution in [0.3, 0.4) is 0 Å². The predicted molar refractivity (Wildman–Crippen MR) is 119 cm³/mol. The minimum absolute atomic E-state index is 0.0758. The van der Waals surface area contributed by atoms with Gasteiger partial charge in [-0.15, -0.1) is 0 Å². The molecule has 2 aliphatic rings. The molecule has 1 aliphatic heterocycles. The Kier molecular flexibility index (Phi) is 5.55. The number of fused-ring (bicyclic) bond motifs is 1. The molecule has 10 nitrogen and oxygen atoms in total. The van der Waals surface area contributed by atoms with Gasteiger partial charge in [0.2, 0.25) is 5.91 Å². The third kappa shape index (κ3) is 3.96. The van der Waals surface area contributed by atoms with Gasteiger partial charge in [-0.1, -0.05) is 29.8 Å². The van der Waals surface area contributed by atoms with Crippen LogP contribution in [0.4, 0.5) is 5.82 Å². The molecule has 0 unspecified atom stereocenters. The Hall–Kier alpha value is -3.37. The normalized spacial score (nSPS) is 27.4. The average molecular weight is 450 g/mol. The number of rotatable bonds is 6. The lowest BCUT2D eigenvalue weighted by Gasteiger charge is -2.19. The van der Waals surface area contributed by atoms with Crippen molar-refractivity contribution in [1.29, 1.82) is 0 Å². The zero-order chi connectivity index (χ0) is 23.1. The fourth-order valence-corrected chi connectivity index (χ4v) is 4.78. The lowest BCUT2D eigenvalue weighted by molar-refractivity contribution is -0.128. The number of aldehydes is 1. The molecule has 10 heteroatoms. The van der Waals surface area contributed by atoms with E-state index in [9.17, 15) is 19.8 Å². The quantitative estimate of drug-likeness (QED) is 0.470. The van der Waals surface area contributed by atoms with Crippen LogP contribution in [0.2, 0.25) is 0 Å². The maximum Gasteiger partial charge on any atom is 0.225 e. The minimum Gasteiger partial charge on any atom is -0.390 e. The van der Waals surface area contributed by atoms with Crippen LogP contribution in [0.15, 0.2) is 36.9 Å². The van der Waals surface area contributed by atoms with Crippen molar-refractivity contribution in [2.24, 2.45) is 5.92 Å². The maximum atomic E-state index is 12.6. The summed E-state index contributed by atoms with van der Waals surface area (Å²) in [5, 5.41) is 23.9. The molecule has 33 heavy (non-hydrogen) atoms. The first kappa shape index (κ1) is 21.5. The first-order valence-electron chi connectivity index (χ1n) is 11.0. The van der Waals surface area contributed by atoms with Crippen LogP contribution in [-0.2, 0) is 16.1 Å². The lowest BCUT2D eigenvalue weighted by Crippen LogP contribution is -2.29. The van der Waals surface area contributed by atoms with Crippen LogP contribution in [0.25, 0.3) is 11.2 Å². The van der Waals surface area contributed by atoms with Crippen molar-refractivity contribution in [1.82, 2.24) is 24.4 Å². The SMILES string of the molecule is Cc1ccc(CN2C[C@@H](Nc3ncnc4c3ncn4[C@@H]3C[C@H](C=O)[C@@H](O)[C@H]3O)CC2=O)cc1. The zero-order valence-corrected chi connectivity index (χ0v) is 18.2. The fraction of sp³-hybridized carbons (Fsp3) is 0.435. The molecule has 5 atom stereocenters. The van der Waals surface area contributed by atoms with E-state index in [0.717, 1.165) is 5.56 Å². The number of aliphatic hydroxyl groups excluding tert-OH is 2. The van der Waals surface area contributed by atoms with Crippen LogP contribution < -0.4 is 5.32 Å². The standard InChI is InChI=1S/C23H26N6O4/c1-13-2-4-14(5-3-13)8-28-9-16(7-18(28)31)27-22-19-23(25-11-24-22)29(12-26-19)17-6-15(10-30)20(32)21(17)33/h2-5,10-12,15-17,20-21,32-33H,6-9H2,1H3,(H,24,25,27)/t15-,16+,17-,20-,21+/m1/s1. The molecule has 3 aromatic rings. The molecule has 5 rings (SSSR count). The van der Waals surface area contributed by atoms with Crippen molar-refractivity contribution in [2.75, 3.05) is 11.9 Å². The molecule has 1 saturated heterocycles. The number of carbonyl (C=O) groups excluding carboxylic acids is 2. The number of benzene rings is 1. The number of nitrogens with zero attached hydrogens (tertiary/aromatic N) is 5. The molecule has 3 N–H and O–H groups in total. The monoisotopic (exact) mass is 450 g/mol. The zero-order valence-electron chi connectivity index (χ0n) is 18.2. The maximum absolute atomic E-state index is 12.6. The average Bonchev–Trinajstić information content (AvgIpc) is 3.47. The number of aliphatic hydroxyl groups is 2. The number of hydrogen-bond donors (Lipinski definition) is 3. The van der Waals surface area contributed by atoms with E-state index in [4.69, 9.17) is 0 Å². The van der Waals surface area contributed by atoms with Gasteiger partial charge < -0.3 is 29.8 Å². The summed E-state index contributed by atoms with van der Waals surface area (Å²) in [4.78, 5) is 38.7. The van der Waals surface area contributed by atoms with Gasteiger partial charge in [0.25, 0.3) is 0 Å². The number of carbonyl (C=O) groups is 2. The number of nitrogens with one attached hydrogen (secondary N) is 1. The van der Waals surface area contributed by atoms with E-state index in [2.05, 4.69) is 20.3 Å². The van der Waals surface area contributed by atoms with Crippen molar-refractivity contribution in [3.63, 3.8) is 0 Å². The first-order chi connectivity index (χ1) is 15.9. The molecule has 172 valence electrons. The van der Waals surface area contributed by atoms with Crippen molar-refractivity contribution < 1.29 is 19.8 Å². The molecule has 0 spiro atoms. The summed E-state index contributed by atoms with van der Waals surface area (Å²) in [5.41, 5.74) is 3.28. The Morgan fingerprint density at radius 3 is 2.67 bits per heavy atom. The van der Waals surface area contributed by atoms with Crippen LogP contribution in [0.5, 0.6) is 0 Å².